The van der Waals surface area contributed by atoms with E-state index in [1.54, 1.807) is 0 Å². The zero-order chi connectivity index (χ0) is 14.8. The van der Waals surface area contributed by atoms with Crippen LogP contribution < -0.4 is 5.32 Å². The van der Waals surface area contributed by atoms with Crippen LogP contribution in [0.15, 0.2) is 65.1 Å². The topological polar surface area (TPSA) is 12.0 Å². The summed E-state index contributed by atoms with van der Waals surface area (Å²) in [6.45, 7) is 4.30. The van der Waals surface area contributed by atoms with Crippen molar-refractivity contribution in [1.29, 1.82) is 0 Å². The van der Waals surface area contributed by atoms with Crippen molar-refractivity contribution in [2.75, 3.05) is 5.32 Å². The minimum Gasteiger partial charge on any atom is -0.378 e. The third-order valence-electron chi connectivity index (χ3n) is 3.84. The summed E-state index contributed by atoms with van der Waals surface area (Å²) in [5.74, 6) is 0. The molecule has 0 aromatic heterocycles. The van der Waals surface area contributed by atoms with E-state index in [1.807, 2.05) is 0 Å². The number of aryl methyl sites for hydroxylation is 1. The maximum Gasteiger partial charge on any atom is 0.0492 e. The molecule has 1 atom stereocenters. The van der Waals surface area contributed by atoms with Gasteiger partial charge in [-0.05, 0) is 63.8 Å². The van der Waals surface area contributed by atoms with E-state index in [0.29, 0.717) is 0 Å². The molecule has 1 N–H and O–H groups in total. The van der Waals surface area contributed by atoms with Gasteiger partial charge in [-0.15, -0.1) is 0 Å². The van der Waals surface area contributed by atoms with Crippen molar-refractivity contribution in [2.45, 2.75) is 19.9 Å². The first kappa shape index (κ1) is 14.2. The molecule has 0 aliphatic carbocycles. The van der Waals surface area contributed by atoms with E-state index in [2.05, 4.69) is 95.8 Å². The predicted molar refractivity (Wildman–Crippen MR) is 94.9 cm³/mol. The standard InChI is InChI=1S/C19H18BrN/c1-13-6-5-9-18(19(13)20)21-14(2)16-11-10-15-7-3-4-8-17(15)12-16/h3-12,14,21H,1-2H3. The Morgan fingerprint density at radius 1 is 0.905 bits per heavy atom. The Balaban J connectivity index is 1.89. The molecule has 0 heterocycles. The summed E-state index contributed by atoms with van der Waals surface area (Å²) in [6.07, 6.45) is 0. The zero-order valence-corrected chi connectivity index (χ0v) is 13.8. The molecule has 106 valence electrons. The molecule has 2 heteroatoms. The molecule has 0 fully saturated rings. The number of halogens is 1. The quantitative estimate of drug-likeness (QED) is 0.609. The molecule has 3 aromatic rings. The lowest BCUT2D eigenvalue weighted by atomic mass is 10.0. The summed E-state index contributed by atoms with van der Waals surface area (Å²) in [5, 5.41) is 6.15. The predicted octanol–water partition coefficient (Wildman–Crippen LogP) is 6.08. The maximum absolute atomic E-state index is 3.66. The third kappa shape index (κ3) is 2.96. The Labute approximate surface area is 134 Å². The third-order valence-corrected chi connectivity index (χ3v) is 4.89. The van der Waals surface area contributed by atoms with Crippen molar-refractivity contribution in [3.8, 4) is 0 Å². The summed E-state index contributed by atoms with van der Waals surface area (Å²) in [7, 11) is 0. The van der Waals surface area contributed by atoms with Crippen molar-refractivity contribution in [1.82, 2.24) is 0 Å². The monoisotopic (exact) mass is 339 g/mol. The number of benzene rings is 3. The van der Waals surface area contributed by atoms with Crippen LogP contribution in [0.25, 0.3) is 10.8 Å². The number of rotatable bonds is 3. The van der Waals surface area contributed by atoms with Gasteiger partial charge in [-0.2, -0.15) is 0 Å². The van der Waals surface area contributed by atoms with Gasteiger partial charge in [0.05, 0.1) is 0 Å². The first-order valence-electron chi connectivity index (χ1n) is 7.15. The lowest BCUT2D eigenvalue weighted by Crippen LogP contribution is -2.07. The second kappa shape index (κ2) is 5.90. The van der Waals surface area contributed by atoms with Crippen molar-refractivity contribution in [3.63, 3.8) is 0 Å². The fourth-order valence-corrected chi connectivity index (χ4v) is 2.93. The summed E-state index contributed by atoms with van der Waals surface area (Å²) in [4.78, 5) is 0. The van der Waals surface area contributed by atoms with Crippen LogP contribution >= 0.6 is 15.9 Å². The van der Waals surface area contributed by atoms with Crippen LogP contribution in [0, 0.1) is 6.92 Å². The van der Waals surface area contributed by atoms with E-state index < -0.39 is 0 Å². The molecule has 0 saturated carbocycles. The number of hydrogen-bond donors (Lipinski definition) is 1. The van der Waals surface area contributed by atoms with Gasteiger partial charge in [0.1, 0.15) is 0 Å². The second-order valence-corrected chi connectivity index (χ2v) is 6.20. The van der Waals surface area contributed by atoms with E-state index in [-0.39, 0.29) is 6.04 Å². The zero-order valence-electron chi connectivity index (χ0n) is 12.2. The Bertz CT molecular complexity index is 779. The van der Waals surface area contributed by atoms with Crippen molar-refractivity contribution >= 4 is 32.4 Å². The van der Waals surface area contributed by atoms with Gasteiger partial charge in [0.25, 0.3) is 0 Å². The number of anilines is 1. The number of nitrogens with one attached hydrogen (secondary N) is 1. The molecule has 0 aliphatic heterocycles. The highest BCUT2D eigenvalue weighted by molar-refractivity contribution is 9.10. The number of fused-ring (bicyclic) bond motifs is 1. The fraction of sp³-hybridized carbons (Fsp3) is 0.158. The SMILES string of the molecule is Cc1cccc(NC(C)c2ccc3ccccc3c2)c1Br. The van der Waals surface area contributed by atoms with Crippen LogP contribution in [0.1, 0.15) is 24.1 Å². The summed E-state index contributed by atoms with van der Waals surface area (Å²) < 4.78 is 1.14. The molecular formula is C19H18BrN. The van der Waals surface area contributed by atoms with Crippen LogP contribution in [0.4, 0.5) is 5.69 Å². The van der Waals surface area contributed by atoms with Gasteiger partial charge < -0.3 is 5.32 Å². The Kier molecular flexibility index (Phi) is 3.98. The van der Waals surface area contributed by atoms with E-state index in [4.69, 9.17) is 0 Å². The average molecular weight is 340 g/mol. The van der Waals surface area contributed by atoms with Crippen molar-refractivity contribution < 1.29 is 0 Å². The first-order chi connectivity index (χ1) is 10.1. The normalized spacial score (nSPS) is 12.3. The first-order valence-corrected chi connectivity index (χ1v) is 7.95. The van der Waals surface area contributed by atoms with Gasteiger partial charge in [0.2, 0.25) is 0 Å². The van der Waals surface area contributed by atoms with E-state index in [1.165, 1.54) is 21.9 Å². The lowest BCUT2D eigenvalue weighted by Gasteiger charge is -2.18. The molecule has 0 spiro atoms. The van der Waals surface area contributed by atoms with Crippen molar-refractivity contribution in [2.24, 2.45) is 0 Å². The Hall–Kier alpha value is -1.80. The second-order valence-electron chi connectivity index (χ2n) is 5.41. The van der Waals surface area contributed by atoms with Gasteiger partial charge in [0.15, 0.2) is 0 Å². The largest absolute Gasteiger partial charge is 0.378 e. The number of hydrogen-bond acceptors (Lipinski definition) is 1. The fourth-order valence-electron chi connectivity index (χ4n) is 2.55. The summed E-state index contributed by atoms with van der Waals surface area (Å²) >= 11 is 3.66. The molecule has 0 radical (unpaired) electrons. The van der Waals surface area contributed by atoms with Gasteiger partial charge in [-0.1, -0.05) is 48.5 Å². The molecule has 1 nitrogen and oxygen atoms in total. The molecule has 1 unspecified atom stereocenters. The van der Waals surface area contributed by atoms with Gasteiger partial charge in [-0.3, -0.25) is 0 Å². The Morgan fingerprint density at radius 2 is 1.67 bits per heavy atom. The highest BCUT2D eigenvalue weighted by Gasteiger charge is 2.09. The van der Waals surface area contributed by atoms with Crippen LogP contribution in [-0.4, -0.2) is 0 Å². The molecule has 3 rings (SSSR count). The van der Waals surface area contributed by atoms with Gasteiger partial charge in [-0.25, -0.2) is 0 Å². The van der Waals surface area contributed by atoms with Crippen LogP contribution in [-0.2, 0) is 0 Å². The van der Waals surface area contributed by atoms with E-state index in [9.17, 15) is 0 Å². The van der Waals surface area contributed by atoms with E-state index >= 15 is 0 Å². The average Bonchev–Trinajstić information content (AvgIpc) is 2.51. The van der Waals surface area contributed by atoms with Crippen LogP contribution in [0.2, 0.25) is 0 Å². The van der Waals surface area contributed by atoms with Gasteiger partial charge >= 0.3 is 0 Å². The van der Waals surface area contributed by atoms with Crippen molar-refractivity contribution in [3.05, 3.63) is 76.3 Å². The van der Waals surface area contributed by atoms with Gasteiger partial charge in [0, 0.05) is 16.2 Å². The minimum absolute atomic E-state index is 0.257. The molecule has 21 heavy (non-hydrogen) atoms. The smallest absolute Gasteiger partial charge is 0.0492 e. The van der Waals surface area contributed by atoms with Crippen LogP contribution in [0.3, 0.4) is 0 Å². The molecule has 0 amide bonds. The minimum atomic E-state index is 0.257. The lowest BCUT2D eigenvalue weighted by molar-refractivity contribution is 0.885. The molecular weight excluding hydrogens is 322 g/mol. The Morgan fingerprint density at radius 3 is 2.48 bits per heavy atom. The summed E-state index contributed by atoms with van der Waals surface area (Å²) in [6, 6.07) is 21.7. The molecule has 3 aromatic carbocycles. The molecule has 0 saturated heterocycles. The molecule has 0 aliphatic rings. The molecule has 0 bridgehead atoms. The summed E-state index contributed by atoms with van der Waals surface area (Å²) in [5.41, 5.74) is 3.67. The highest BCUT2D eigenvalue weighted by Crippen LogP contribution is 2.30. The highest BCUT2D eigenvalue weighted by atomic mass is 79.9. The van der Waals surface area contributed by atoms with E-state index in [0.717, 1.165) is 10.2 Å². The van der Waals surface area contributed by atoms with Crippen LogP contribution in [0.5, 0.6) is 0 Å². The maximum atomic E-state index is 3.66.